The number of hydrogen-bond donors (Lipinski definition) is 2. The first-order chi connectivity index (χ1) is 12.7. The van der Waals surface area contributed by atoms with Crippen molar-refractivity contribution in [3.63, 3.8) is 0 Å². The fourth-order valence-electron chi connectivity index (χ4n) is 2.97. The molecule has 1 unspecified atom stereocenters. The van der Waals surface area contributed by atoms with E-state index in [9.17, 15) is 9.59 Å². The minimum atomic E-state index is -0.618. The Morgan fingerprint density at radius 1 is 1.04 bits per heavy atom. The highest BCUT2D eigenvalue weighted by molar-refractivity contribution is 6.02. The molecule has 2 amide bonds. The highest BCUT2D eigenvalue weighted by Crippen LogP contribution is 2.31. The molecule has 0 radical (unpaired) electrons. The standard InChI is InChI=1S/C20H17N3O3/c24-18(13-14-7-2-1-3-8-14)22-23-19(17-11-6-12-26-17)21-16-10-5-4-9-15(16)20(23)25/h1-12,19,21H,13H2,(H,22,24). The number of benzene rings is 2. The summed E-state index contributed by atoms with van der Waals surface area (Å²) in [6.45, 7) is 0. The molecule has 1 aliphatic rings. The van der Waals surface area contributed by atoms with Gasteiger partial charge in [-0.2, -0.15) is 0 Å². The maximum Gasteiger partial charge on any atom is 0.276 e. The molecule has 0 saturated carbocycles. The number of fused-ring (bicyclic) bond motifs is 1. The van der Waals surface area contributed by atoms with Gasteiger partial charge in [-0.15, -0.1) is 0 Å². The van der Waals surface area contributed by atoms with Gasteiger partial charge in [0, 0.05) is 5.69 Å². The predicted molar refractivity (Wildman–Crippen MR) is 96.0 cm³/mol. The minimum Gasteiger partial charge on any atom is -0.465 e. The number of hydrogen-bond acceptors (Lipinski definition) is 4. The number of nitrogens with zero attached hydrogens (tertiary/aromatic N) is 1. The molecular weight excluding hydrogens is 330 g/mol. The Morgan fingerprint density at radius 3 is 2.58 bits per heavy atom. The fourth-order valence-corrected chi connectivity index (χ4v) is 2.97. The van der Waals surface area contributed by atoms with Crippen LogP contribution in [-0.4, -0.2) is 16.8 Å². The van der Waals surface area contributed by atoms with Gasteiger partial charge in [-0.1, -0.05) is 42.5 Å². The first kappa shape index (κ1) is 16.0. The molecule has 0 spiro atoms. The number of rotatable bonds is 4. The maximum atomic E-state index is 12.9. The monoisotopic (exact) mass is 347 g/mol. The van der Waals surface area contributed by atoms with Crippen LogP contribution in [-0.2, 0) is 11.2 Å². The number of furan rings is 1. The van der Waals surface area contributed by atoms with Gasteiger partial charge < -0.3 is 9.73 Å². The quantitative estimate of drug-likeness (QED) is 0.760. The van der Waals surface area contributed by atoms with Gasteiger partial charge in [-0.3, -0.25) is 15.0 Å². The molecule has 3 aromatic rings. The van der Waals surface area contributed by atoms with E-state index in [-0.39, 0.29) is 18.2 Å². The summed E-state index contributed by atoms with van der Waals surface area (Å²) in [4.78, 5) is 25.4. The van der Waals surface area contributed by atoms with Crippen LogP contribution in [0.1, 0.15) is 27.8 Å². The van der Waals surface area contributed by atoms with Crippen molar-refractivity contribution < 1.29 is 14.0 Å². The average molecular weight is 347 g/mol. The van der Waals surface area contributed by atoms with Crippen molar-refractivity contribution in [3.8, 4) is 0 Å². The zero-order valence-corrected chi connectivity index (χ0v) is 13.9. The lowest BCUT2D eigenvalue weighted by molar-refractivity contribution is -0.125. The fraction of sp³-hybridized carbons (Fsp3) is 0.100. The molecule has 4 rings (SSSR count). The number of para-hydroxylation sites is 1. The van der Waals surface area contributed by atoms with Crippen molar-refractivity contribution >= 4 is 17.5 Å². The van der Waals surface area contributed by atoms with E-state index in [1.165, 1.54) is 11.3 Å². The maximum absolute atomic E-state index is 12.9. The van der Waals surface area contributed by atoms with Crippen LogP contribution in [0.15, 0.2) is 77.4 Å². The summed E-state index contributed by atoms with van der Waals surface area (Å²) in [6, 6.07) is 20.1. The van der Waals surface area contributed by atoms with Gasteiger partial charge in [0.05, 0.1) is 18.2 Å². The molecule has 1 atom stereocenters. The topological polar surface area (TPSA) is 74.6 Å². The molecule has 0 fully saturated rings. The first-order valence-electron chi connectivity index (χ1n) is 8.28. The van der Waals surface area contributed by atoms with Gasteiger partial charge in [-0.25, -0.2) is 5.01 Å². The Labute approximate surface area is 150 Å². The van der Waals surface area contributed by atoms with Gasteiger partial charge in [0.2, 0.25) is 5.91 Å². The number of carbonyl (C=O) groups is 2. The lowest BCUT2D eigenvalue weighted by atomic mass is 10.1. The molecule has 0 aliphatic carbocycles. The summed E-state index contributed by atoms with van der Waals surface area (Å²) in [6.07, 6.45) is 1.09. The molecule has 26 heavy (non-hydrogen) atoms. The Bertz CT molecular complexity index is 922. The summed E-state index contributed by atoms with van der Waals surface area (Å²) < 4.78 is 5.46. The molecule has 130 valence electrons. The van der Waals surface area contributed by atoms with Crippen molar-refractivity contribution in [1.29, 1.82) is 0 Å². The van der Waals surface area contributed by atoms with Crippen molar-refractivity contribution in [2.24, 2.45) is 0 Å². The van der Waals surface area contributed by atoms with Crippen LogP contribution in [0, 0.1) is 0 Å². The molecule has 2 N–H and O–H groups in total. The van der Waals surface area contributed by atoms with E-state index >= 15 is 0 Å². The van der Waals surface area contributed by atoms with E-state index in [1.807, 2.05) is 42.5 Å². The van der Waals surface area contributed by atoms with Crippen LogP contribution < -0.4 is 10.7 Å². The van der Waals surface area contributed by atoms with E-state index in [1.54, 1.807) is 24.3 Å². The number of nitrogens with one attached hydrogen (secondary N) is 2. The van der Waals surface area contributed by atoms with Crippen LogP contribution in [0.4, 0.5) is 5.69 Å². The Kier molecular flexibility index (Phi) is 4.15. The highest BCUT2D eigenvalue weighted by Gasteiger charge is 2.35. The van der Waals surface area contributed by atoms with E-state index in [2.05, 4.69) is 10.7 Å². The van der Waals surface area contributed by atoms with Crippen LogP contribution in [0.2, 0.25) is 0 Å². The van der Waals surface area contributed by atoms with E-state index in [0.29, 0.717) is 17.0 Å². The third-order valence-corrected chi connectivity index (χ3v) is 4.19. The second-order valence-corrected chi connectivity index (χ2v) is 5.98. The first-order valence-corrected chi connectivity index (χ1v) is 8.28. The number of anilines is 1. The van der Waals surface area contributed by atoms with E-state index in [0.717, 1.165) is 5.56 Å². The molecule has 6 heteroatoms. The molecular formula is C20H17N3O3. The summed E-state index contributed by atoms with van der Waals surface area (Å²) in [7, 11) is 0. The van der Waals surface area contributed by atoms with Gasteiger partial charge in [0.25, 0.3) is 5.91 Å². The Morgan fingerprint density at radius 2 is 1.81 bits per heavy atom. The lowest BCUT2D eigenvalue weighted by Crippen LogP contribution is -2.53. The molecule has 1 aliphatic heterocycles. The van der Waals surface area contributed by atoms with Crippen LogP contribution in [0.3, 0.4) is 0 Å². The van der Waals surface area contributed by atoms with Crippen LogP contribution >= 0.6 is 0 Å². The lowest BCUT2D eigenvalue weighted by Gasteiger charge is -2.36. The average Bonchev–Trinajstić information content (AvgIpc) is 3.19. The summed E-state index contributed by atoms with van der Waals surface area (Å²) >= 11 is 0. The third-order valence-electron chi connectivity index (χ3n) is 4.19. The zero-order chi connectivity index (χ0) is 17.9. The van der Waals surface area contributed by atoms with Crippen LogP contribution in [0.25, 0.3) is 0 Å². The molecule has 2 aromatic carbocycles. The third kappa shape index (κ3) is 3.04. The van der Waals surface area contributed by atoms with Crippen molar-refractivity contribution in [2.75, 3.05) is 5.32 Å². The number of hydrazine groups is 1. The van der Waals surface area contributed by atoms with Gasteiger partial charge >= 0.3 is 0 Å². The summed E-state index contributed by atoms with van der Waals surface area (Å²) in [5.41, 5.74) is 4.79. The van der Waals surface area contributed by atoms with E-state index in [4.69, 9.17) is 4.42 Å². The second-order valence-electron chi connectivity index (χ2n) is 5.98. The summed E-state index contributed by atoms with van der Waals surface area (Å²) in [5.74, 6) is -0.0303. The molecule has 2 heterocycles. The Hall–Kier alpha value is -3.54. The number of carbonyl (C=O) groups excluding carboxylic acids is 2. The number of amides is 2. The minimum absolute atomic E-state index is 0.178. The van der Waals surface area contributed by atoms with Gasteiger partial charge in [0.15, 0.2) is 6.17 Å². The van der Waals surface area contributed by atoms with Crippen LogP contribution in [0.5, 0.6) is 0 Å². The molecule has 1 aromatic heterocycles. The highest BCUT2D eigenvalue weighted by atomic mass is 16.3. The smallest absolute Gasteiger partial charge is 0.276 e. The predicted octanol–water partition coefficient (Wildman–Crippen LogP) is 3.12. The molecule has 6 nitrogen and oxygen atoms in total. The van der Waals surface area contributed by atoms with Crippen molar-refractivity contribution in [3.05, 3.63) is 89.9 Å². The Balaban J connectivity index is 1.61. The van der Waals surface area contributed by atoms with Crippen molar-refractivity contribution in [2.45, 2.75) is 12.6 Å². The molecule has 0 bridgehead atoms. The normalized spacial score (nSPS) is 15.9. The van der Waals surface area contributed by atoms with Gasteiger partial charge in [-0.05, 0) is 29.8 Å². The summed E-state index contributed by atoms with van der Waals surface area (Å²) in [5, 5.41) is 4.53. The van der Waals surface area contributed by atoms with E-state index < -0.39 is 6.17 Å². The zero-order valence-electron chi connectivity index (χ0n) is 13.9. The second kappa shape index (κ2) is 6.76. The molecule has 0 saturated heterocycles. The SMILES string of the molecule is O=C(Cc1ccccc1)NN1C(=O)c2ccccc2NC1c1ccco1. The van der Waals surface area contributed by atoms with Crippen molar-refractivity contribution in [1.82, 2.24) is 10.4 Å². The van der Waals surface area contributed by atoms with Gasteiger partial charge in [0.1, 0.15) is 5.76 Å². The largest absolute Gasteiger partial charge is 0.465 e.